The minimum atomic E-state index is -0.468. The van der Waals surface area contributed by atoms with Crippen LogP contribution in [0.3, 0.4) is 0 Å². The Labute approximate surface area is 218 Å². The summed E-state index contributed by atoms with van der Waals surface area (Å²) in [5.74, 6) is 2.37. The van der Waals surface area contributed by atoms with Crippen molar-refractivity contribution >= 4 is 11.1 Å². The van der Waals surface area contributed by atoms with Gasteiger partial charge in [-0.05, 0) is 98.0 Å². The number of benzene rings is 3. The monoisotopic (exact) mass is 496 g/mol. The van der Waals surface area contributed by atoms with Crippen LogP contribution in [0, 0.1) is 17.2 Å². The second-order valence-electron chi connectivity index (χ2n) is 10.2. The quantitative estimate of drug-likeness (QED) is 0.426. The van der Waals surface area contributed by atoms with E-state index in [0.717, 1.165) is 47.0 Å². The fraction of sp³-hybridized carbons (Fsp3) is 0.323. The Morgan fingerprint density at radius 1 is 1.08 bits per heavy atom. The fourth-order valence-corrected chi connectivity index (χ4v) is 5.31. The lowest BCUT2D eigenvalue weighted by atomic mass is 9.85. The van der Waals surface area contributed by atoms with Gasteiger partial charge in [-0.3, -0.25) is 4.90 Å². The van der Waals surface area contributed by atoms with Gasteiger partial charge in [0.05, 0.1) is 11.6 Å². The molecule has 1 fully saturated rings. The number of rotatable bonds is 6. The lowest BCUT2D eigenvalue weighted by Crippen LogP contribution is -2.35. The molecule has 2 aliphatic heterocycles. The van der Waals surface area contributed by atoms with E-state index in [1.54, 1.807) is 30.3 Å². The number of likely N-dealkylation sites (tertiary alicyclic amines) is 1. The number of phenols is 2. The number of allylic oxidation sites excluding steroid dienone is 1. The molecule has 0 radical (unpaired) electrons. The molecule has 5 rings (SSSR count). The number of nitrogens with zero attached hydrogens (tertiary/aromatic N) is 2. The molecule has 3 aromatic carbocycles. The van der Waals surface area contributed by atoms with Crippen LogP contribution in [0.2, 0.25) is 0 Å². The van der Waals surface area contributed by atoms with E-state index in [0.29, 0.717) is 29.5 Å². The molecule has 190 valence electrons. The molecule has 0 aromatic heterocycles. The molecule has 0 amide bonds. The molecule has 37 heavy (non-hydrogen) atoms. The van der Waals surface area contributed by atoms with Crippen molar-refractivity contribution < 1.29 is 19.7 Å². The van der Waals surface area contributed by atoms with Gasteiger partial charge in [-0.1, -0.05) is 19.1 Å². The van der Waals surface area contributed by atoms with Gasteiger partial charge < -0.3 is 19.7 Å². The Morgan fingerprint density at radius 3 is 2.57 bits per heavy atom. The molecule has 6 nitrogen and oxygen atoms in total. The van der Waals surface area contributed by atoms with Crippen LogP contribution in [0.5, 0.6) is 23.0 Å². The third-order valence-corrected chi connectivity index (χ3v) is 7.39. The van der Waals surface area contributed by atoms with Crippen molar-refractivity contribution in [2.45, 2.75) is 39.3 Å². The summed E-state index contributed by atoms with van der Waals surface area (Å²) >= 11 is 0. The third-order valence-electron chi connectivity index (χ3n) is 7.39. The van der Waals surface area contributed by atoms with Crippen molar-refractivity contribution in [3.8, 4) is 29.1 Å². The predicted molar refractivity (Wildman–Crippen MR) is 144 cm³/mol. The maximum absolute atomic E-state index is 10.3. The van der Waals surface area contributed by atoms with Gasteiger partial charge in [0, 0.05) is 23.7 Å². The molecule has 3 aromatic rings. The average molecular weight is 497 g/mol. The summed E-state index contributed by atoms with van der Waals surface area (Å²) in [5, 5.41) is 29.9. The third kappa shape index (κ3) is 5.14. The first kappa shape index (κ1) is 24.7. The molecule has 2 heterocycles. The summed E-state index contributed by atoms with van der Waals surface area (Å²) in [4.78, 5) is 2.48. The normalized spacial score (nSPS) is 20.2. The zero-order valence-electron chi connectivity index (χ0n) is 21.4. The molecule has 1 unspecified atom stereocenters. The van der Waals surface area contributed by atoms with Gasteiger partial charge in [0.2, 0.25) is 0 Å². The topological polar surface area (TPSA) is 86.0 Å². The maximum atomic E-state index is 10.3. The van der Waals surface area contributed by atoms with Crippen LogP contribution in [0.25, 0.3) is 11.1 Å². The van der Waals surface area contributed by atoms with E-state index in [1.165, 1.54) is 12.5 Å². The van der Waals surface area contributed by atoms with Gasteiger partial charge in [-0.25, -0.2) is 0 Å². The van der Waals surface area contributed by atoms with Gasteiger partial charge in [0.25, 0.3) is 0 Å². The summed E-state index contributed by atoms with van der Waals surface area (Å²) in [5.41, 5.74) is 4.49. The van der Waals surface area contributed by atoms with Gasteiger partial charge in [0.1, 0.15) is 35.7 Å². The van der Waals surface area contributed by atoms with Crippen molar-refractivity contribution in [1.29, 1.82) is 5.26 Å². The molecule has 6 heteroatoms. The van der Waals surface area contributed by atoms with Crippen LogP contribution >= 0.6 is 0 Å². The number of ether oxygens (including phenoxy) is 2. The first-order valence-corrected chi connectivity index (χ1v) is 12.7. The van der Waals surface area contributed by atoms with E-state index in [9.17, 15) is 15.5 Å². The molecule has 1 saturated heterocycles. The first-order valence-electron chi connectivity index (χ1n) is 12.7. The molecular weight excluding hydrogens is 464 g/mol. The molecule has 0 spiro atoms. The molecule has 0 saturated carbocycles. The highest BCUT2D eigenvalue weighted by Crippen LogP contribution is 2.48. The van der Waals surface area contributed by atoms with E-state index in [1.807, 2.05) is 31.2 Å². The average Bonchev–Trinajstić information content (AvgIpc) is 3.33. The SMILES string of the molecule is CC1=C(c2cc(O)cc(C#N)c2)C(c2ccc(OC[C@H](C)N3CC[C@@H](C)C3)cc2)Oc2ccc(O)cc21. The standard InChI is InChI=1S/C31H32N2O4/c1-19-10-11-33(17-19)20(2)18-36-27-7-4-23(5-8-27)31-30(24-12-22(16-32)13-26(35)14-24)21(3)28-15-25(34)6-9-29(28)37-31/h4-9,12-15,19-20,31,34-35H,10-11,17-18H2,1-3H3/t19-,20+,31?/m1/s1. The zero-order valence-corrected chi connectivity index (χ0v) is 21.4. The summed E-state index contributed by atoms with van der Waals surface area (Å²) in [6.07, 6.45) is 0.775. The zero-order chi connectivity index (χ0) is 26.1. The fourth-order valence-electron chi connectivity index (χ4n) is 5.31. The van der Waals surface area contributed by atoms with Crippen LogP contribution in [-0.4, -0.2) is 40.9 Å². The summed E-state index contributed by atoms with van der Waals surface area (Å²) < 4.78 is 12.6. The summed E-state index contributed by atoms with van der Waals surface area (Å²) in [6, 6.07) is 20.3. The van der Waals surface area contributed by atoms with Gasteiger partial charge in [0.15, 0.2) is 0 Å². The minimum absolute atomic E-state index is 0.0140. The van der Waals surface area contributed by atoms with E-state index in [2.05, 4.69) is 24.8 Å². The van der Waals surface area contributed by atoms with Gasteiger partial charge in [-0.15, -0.1) is 0 Å². The highest BCUT2D eigenvalue weighted by molar-refractivity contribution is 5.96. The summed E-state index contributed by atoms with van der Waals surface area (Å²) in [7, 11) is 0. The van der Waals surface area contributed by atoms with Crippen molar-refractivity contribution in [3.05, 3.63) is 82.9 Å². The maximum Gasteiger partial charge on any atom is 0.150 e. The number of fused-ring (bicyclic) bond motifs is 1. The van der Waals surface area contributed by atoms with Crippen molar-refractivity contribution in [1.82, 2.24) is 4.90 Å². The number of phenolic OH excluding ortho intramolecular Hbond substituents is 2. The van der Waals surface area contributed by atoms with Crippen LogP contribution in [0.4, 0.5) is 0 Å². The Bertz CT molecular complexity index is 1370. The Hall–Kier alpha value is -3.95. The smallest absolute Gasteiger partial charge is 0.150 e. The lowest BCUT2D eigenvalue weighted by Gasteiger charge is -2.31. The highest BCUT2D eigenvalue weighted by Gasteiger charge is 2.30. The van der Waals surface area contributed by atoms with E-state index < -0.39 is 6.10 Å². The molecule has 0 bridgehead atoms. The Balaban J connectivity index is 1.44. The largest absolute Gasteiger partial charge is 0.508 e. The lowest BCUT2D eigenvalue weighted by molar-refractivity contribution is 0.169. The van der Waals surface area contributed by atoms with Crippen molar-refractivity contribution in [3.63, 3.8) is 0 Å². The van der Waals surface area contributed by atoms with Crippen LogP contribution in [0.15, 0.2) is 60.7 Å². The molecule has 2 aliphatic rings. The van der Waals surface area contributed by atoms with E-state index in [-0.39, 0.29) is 11.5 Å². The van der Waals surface area contributed by atoms with E-state index >= 15 is 0 Å². The molecular formula is C31H32N2O4. The Morgan fingerprint density at radius 2 is 1.86 bits per heavy atom. The van der Waals surface area contributed by atoms with Gasteiger partial charge in [-0.2, -0.15) is 5.26 Å². The molecule has 3 atom stereocenters. The predicted octanol–water partition coefficient (Wildman–Crippen LogP) is 6.14. The van der Waals surface area contributed by atoms with Crippen LogP contribution in [0.1, 0.15) is 55.5 Å². The number of hydrogen-bond acceptors (Lipinski definition) is 6. The second kappa shape index (κ2) is 10.2. The number of aromatic hydroxyl groups is 2. The first-order chi connectivity index (χ1) is 17.8. The minimum Gasteiger partial charge on any atom is -0.508 e. The van der Waals surface area contributed by atoms with Crippen molar-refractivity contribution in [2.24, 2.45) is 5.92 Å². The van der Waals surface area contributed by atoms with Crippen molar-refractivity contribution in [2.75, 3.05) is 19.7 Å². The molecule has 0 aliphatic carbocycles. The Kier molecular flexibility index (Phi) is 6.82. The van der Waals surface area contributed by atoms with E-state index in [4.69, 9.17) is 9.47 Å². The number of nitriles is 1. The summed E-state index contributed by atoms with van der Waals surface area (Å²) in [6.45, 7) is 9.36. The van der Waals surface area contributed by atoms with Crippen LogP contribution in [-0.2, 0) is 0 Å². The van der Waals surface area contributed by atoms with Crippen LogP contribution < -0.4 is 9.47 Å². The van der Waals surface area contributed by atoms with Gasteiger partial charge >= 0.3 is 0 Å². The number of hydrogen-bond donors (Lipinski definition) is 2. The second-order valence-corrected chi connectivity index (χ2v) is 10.2. The molecule has 2 N–H and O–H groups in total. The highest BCUT2D eigenvalue weighted by atomic mass is 16.5.